The Hall–Kier alpha value is -2.11. The summed E-state index contributed by atoms with van der Waals surface area (Å²) >= 11 is 1.75. The number of aryl methyl sites for hydroxylation is 2. The first-order valence-corrected chi connectivity index (χ1v) is 10.2. The van der Waals surface area contributed by atoms with Crippen molar-refractivity contribution in [2.24, 2.45) is 0 Å². The van der Waals surface area contributed by atoms with Crippen LogP contribution in [0.3, 0.4) is 0 Å². The number of hydrogen-bond donors (Lipinski definition) is 1. The van der Waals surface area contributed by atoms with E-state index < -0.39 is 0 Å². The molecule has 0 aliphatic heterocycles. The zero-order chi connectivity index (χ0) is 19.4. The van der Waals surface area contributed by atoms with Gasteiger partial charge in [-0.25, -0.2) is 4.98 Å². The first-order valence-electron chi connectivity index (χ1n) is 9.34. The molecule has 2 heterocycles. The van der Waals surface area contributed by atoms with Gasteiger partial charge in [-0.2, -0.15) is 0 Å². The molecular weight excluding hydrogens is 354 g/mol. The maximum absolute atomic E-state index is 9.54. The van der Waals surface area contributed by atoms with Crippen LogP contribution in [0.1, 0.15) is 48.1 Å². The molecule has 4 nitrogen and oxygen atoms in total. The molecule has 0 fully saturated rings. The Morgan fingerprint density at radius 2 is 1.85 bits per heavy atom. The van der Waals surface area contributed by atoms with Gasteiger partial charge in [0, 0.05) is 17.5 Å². The molecule has 3 aromatic rings. The smallest absolute Gasteiger partial charge is 0.112 e. The summed E-state index contributed by atoms with van der Waals surface area (Å²) in [6, 6.07) is 12.6. The number of hydrogen-bond acceptors (Lipinski definition) is 4. The summed E-state index contributed by atoms with van der Waals surface area (Å²) in [6.07, 6.45) is 2.36. The van der Waals surface area contributed by atoms with Crippen molar-refractivity contribution in [3.8, 4) is 0 Å². The fraction of sp³-hybridized carbons (Fsp3) is 0.364. The average Bonchev–Trinajstić information content (AvgIpc) is 2.93. The lowest BCUT2D eigenvalue weighted by atomic mass is 10.1. The van der Waals surface area contributed by atoms with Crippen molar-refractivity contribution >= 4 is 11.8 Å². The predicted molar refractivity (Wildman–Crippen MR) is 110 cm³/mol. The minimum absolute atomic E-state index is 0.0877. The van der Waals surface area contributed by atoms with Gasteiger partial charge in [-0.05, 0) is 55.2 Å². The minimum Gasteiger partial charge on any atom is -0.396 e. The Morgan fingerprint density at radius 1 is 1.11 bits per heavy atom. The molecule has 0 radical (unpaired) electrons. The molecule has 0 atom stereocenters. The number of nitrogens with zero attached hydrogens (tertiary/aromatic N) is 3. The summed E-state index contributed by atoms with van der Waals surface area (Å²) in [6.45, 7) is 9.34. The van der Waals surface area contributed by atoms with E-state index in [-0.39, 0.29) is 6.61 Å². The molecule has 27 heavy (non-hydrogen) atoms. The molecular formula is C22H27N3OS. The van der Waals surface area contributed by atoms with Gasteiger partial charge in [0.05, 0.1) is 24.5 Å². The molecule has 1 N–H and O–H groups in total. The van der Waals surface area contributed by atoms with Crippen molar-refractivity contribution in [3.05, 3.63) is 70.9 Å². The number of pyridine rings is 1. The van der Waals surface area contributed by atoms with Gasteiger partial charge in [0.2, 0.25) is 0 Å². The van der Waals surface area contributed by atoms with E-state index in [9.17, 15) is 5.11 Å². The molecule has 0 saturated carbocycles. The van der Waals surface area contributed by atoms with Gasteiger partial charge in [0.25, 0.3) is 0 Å². The summed E-state index contributed by atoms with van der Waals surface area (Å²) in [5, 5.41) is 10.7. The summed E-state index contributed by atoms with van der Waals surface area (Å²) in [7, 11) is 0. The van der Waals surface area contributed by atoms with Crippen molar-refractivity contribution in [2.45, 2.75) is 56.5 Å². The third kappa shape index (κ3) is 4.79. The van der Waals surface area contributed by atoms with E-state index in [2.05, 4.69) is 55.4 Å². The fourth-order valence-electron chi connectivity index (χ4n) is 3.20. The molecule has 1 aromatic carbocycles. The van der Waals surface area contributed by atoms with E-state index in [1.165, 1.54) is 16.0 Å². The van der Waals surface area contributed by atoms with Gasteiger partial charge in [-0.15, -0.1) is 0 Å². The van der Waals surface area contributed by atoms with Crippen LogP contribution in [0.15, 0.2) is 52.5 Å². The van der Waals surface area contributed by atoms with Gasteiger partial charge >= 0.3 is 0 Å². The molecule has 0 unspecified atom stereocenters. The van der Waals surface area contributed by atoms with Crippen molar-refractivity contribution in [3.63, 3.8) is 0 Å². The Bertz CT molecular complexity index is 883. The van der Waals surface area contributed by atoms with Gasteiger partial charge in [0.15, 0.2) is 0 Å². The van der Waals surface area contributed by atoms with Crippen LogP contribution in [-0.4, -0.2) is 26.2 Å². The monoisotopic (exact) mass is 381 g/mol. The second kappa shape index (κ2) is 8.72. The molecule has 142 valence electrons. The molecule has 2 aromatic heterocycles. The number of benzene rings is 1. The predicted octanol–water partition coefficient (Wildman–Crippen LogP) is 4.75. The zero-order valence-electron chi connectivity index (χ0n) is 16.4. The highest BCUT2D eigenvalue weighted by Gasteiger charge is 2.21. The van der Waals surface area contributed by atoms with Crippen LogP contribution in [0.4, 0.5) is 0 Å². The third-order valence-corrected chi connectivity index (χ3v) is 5.46. The maximum Gasteiger partial charge on any atom is 0.112 e. The summed E-state index contributed by atoms with van der Waals surface area (Å²) in [5.74, 6) is 1.22. The first kappa shape index (κ1) is 19.6. The number of imidazole rings is 1. The molecule has 0 aliphatic rings. The molecule has 3 rings (SSSR count). The van der Waals surface area contributed by atoms with Crippen LogP contribution in [0, 0.1) is 13.8 Å². The second-order valence-electron chi connectivity index (χ2n) is 7.18. The van der Waals surface area contributed by atoms with Gasteiger partial charge in [-0.3, -0.25) is 4.98 Å². The van der Waals surface area contributed by atoms with Crippen molar-refractivity contribution in [1.82, 2.24) is 14.5 Å². The second-order valence-corrected chi connectivity index (χ2v) is 8.24. The highest BCUT2D eigenvalue weighted by atomic mass is 32.2. The molecule has 5 heteroatoms. The highest BCUT2D eigenvalue weighted by molar-refractivity contribution is 7.99. The van der Waals surface area contributed by atoms with Crippen molar-refractivity contribution < 1.29 is 5.11 Å². The van der Waals surface area contributed by atoms with Gasteiger partial charge < -0.3 is 9.67 Å². The Morgan fingerprint density at radius 3 is 2.44 bits per heavy atom. The van der Waals surface area contributed by atoms with Gasteiger partial charge in [-0.1, -0.05) is 37.7 Å². The molecule has 0 amide bonds. The maximum atomic E-state index is 9.54. The van der Waals surface area contributed by atoms with E-state index in [1.54, 1.807) is 11.8 Å². The summed E-state index contributed by atoms with van der Waals surface area (Å²) in [5.41, 5.74) is 4.59. The van der Waals surface area contributed by atoms with Crippen LogP contribution in [0.5, 0.6) is 0 Å². The summed E-state index contributed by atoms with van der Waals surface area (Å²) in [4.78, 5) is 10.6. The van der Waals surface area contributed by atoms with Crippen LogP contribution in [0.25, 0.3) is 0 Å². The van der Waals surface area contributed by atoms with E-state index in [0.29, 0.717) is 18.9 Å². The van der Waals surface area contributed by atoms with Crippen LogP contribution in [-0.2, 0) is 13.0 Å². The standard InChI is InChI=1S/C22H27N3OS/c1-15(2)21-22(27-19-12-16(3)11-17(4)13-19)25(20(24-21)8-10-26)14-18-7-5-6-9-23-18/h5-7,9,11-13,15,26H,8,10,14H2,1-4H3. The number of aliphatic hydroxyl groups is 1. The van der Waals surface area contributed by atoms with Crippen molar-refractivity contribution in [2.75, 3.05) is 6.61 Å². The Kier molecular flexibility index (Phi) is 6.34. The van der Waals surface area contributed by atoms with Gasteiger partial charge in [0.1, 0.15) is 10.9 Å². The Labute approximate surface area is 165 Å². The van der Waals surface area contributed by atoms with E-state index >= 15 is 0 Å². The SMILES string of the molecule is Cc1cc(C)cc(Sc2c(C(C)C)nc(CCO)n2Cc2ccccn2)c1. The number of aromatic nitrogens is 3. The molecule has 0 spiro atoms. The van der Waals surface area contributed by atoms with E-state index in [0.717, 1.165) is 22.2 Å². The zero-order valence-corrected chi connectivity index (χ0v) is 17.3. The number of rotatable bonds is 7. The lowest BCUT2D eigenvalue weighted by Crippen LogP contribution is -2.09. The van der Waals surface area contributed by atoms with E-state index in [1.807, 2.05) is 24.4 Å². The summed E-state index contributed by atoms with van der Waals surface area (Å²) < 4.78 is 2.22. The van der Waals surface area contributed by atoms with Crippen LogP contribution < -0.4 is 0 Å². The normalized spacial score (nSPS) is 11.3. The minimum atomic E-state index is 0.0877. The quantitative estimate of drug-likeness (QED) is 0.641. The fourth-order valence-corrected chi connectivity index (χ4v) is 4.58. The largest absolute Gasteiger partial charge is 0.396 e. The molecule has 0 aliphatic carbocycles. The highest BCUT2D eigenvalue weighted by Crippen LogP contribution is 2.36. The Balaban J connectivity index is 2.08. The van der Waals surface area contributed by atoms with Crippen LogP contribution >= 0.6 is 11.8 Å². The topological polar surface area (TPSA) is 50.9 Å². The molecule has 0 bridgehead atoms. The average molecular weight is 382 g/mol. The van der Waals surface area contributed by atoms with Crippen molar-refractivity contribution in [1.29, 1.82) is 0 Å². The van der Waals surface area contributed by atoms with Crippen LogP contribution in [0.2, 0.25) is 0 Å². The lowest BCUT2D eigenvalue weighted by molar-refractivity contribution is 0.294. The third-order valence-electron chi connectivity index (χ3n) is 4.36. The first-order chi connectivity index (χ1) is 13.0. The number of aliphatic hydroxyl groups excluding tert-OH is 1. The lowest BCUT2D eigenvalue weighted by Gasteiger charge is -2.13. The molecule has 0 saturated heterocycles. The van der Waals surface area contributed by atoms with E-state index in [4.69, 9.17) is 4.98 Å².